The van der Waals surface area contributed by atoms with Gasteiger partial charge in [0, 0.05) is 0 Å². The van der Waals surface area contributed by atoms with Crippen molar-refractivity contribution >= 4 is 9.84 Å². The van der Waals surface area contributed by atoms with Crippen LogP contribution in [-0.4, -0.2) is 27.3 Å². The van der Waals surface area contributed by atoms with Crippen molar-refractivity contribution in [1.29, 1.82) is 0 Å². The molecule has 0 saturated carbocycles. The molecule has 0 amide bonds. The number of halogens is 2. The van der Waals surface area contributed by atoms with Crippen molar-refractivity contribution < 1.29 is 17.2 Å². The van der Waals surface area contributed by atoms with E-state index in [0.29, 0.717) is 18.9 Å². The van der Waals surface area contributed by atoms with Gasteiger partial charge in [-0.1, -0.05) is 13.8 Å². The Bertz CT molecular complexity index is 515. The van der Waals surface area contributed by atoms with Gasteiger partial charge in [0.1, 0.15) is 16.5 Å². The van der Waals surface area contributed by atoms with Crippen LogP contribution in [0.5, 0.6) is 0 Å². The van der Waals surface area contributed by atoms with Gasteiger partial charge in [0.2, 0.25) is 0 Å². The number of rotatable bonds is 7. The zero-order chi connectivity index (χ0) is 14.5. The molecule has 0 heterocycles. The highest BCUT2D eigenvalue weighted by atomic mass is 32.2. The van der Waals surface area contributed by atoms with Crippen molar-refractivity contribution in [2.75, 3.05) is 18.8 Å². The van der Waals surface area contributed by atoms with E-state index in [9.17, 15) is 17.2 Å². The van der Waals surface area contributed by atoms with Gasteiger partial charge in [0.15, 0.2) is 9.84 Å². The summed E-state index contributed by atoms with van der Waals surface area (Å²) in [5, 5.41) is 3.10. The second-order valence-corrected chi connectivity index (χ2v) is 6.92. The number of sulfone groups is 1. The minimum absolute atomic E-state index is 0.196. The van der Waals surface area contributed by atoms with Gasteiger partial charge in [0.25, 0.3) is 0 Å². The Morgan fingerprint density at radius 2 is 1.95 bits per heavy atom. The van der Waals surface area contributed by atoms with E-state index in [1.165, 1.54) is 0 Å². The Labute approximate surface area is 112 Å². The van der Waals surface area contributed by atoms with Gasteiger partial charge in [-0.15, -0.1) is 0 Å². The second kappa shape index (κ2) is 6.96. The highest BCUT2D eigenvalue weighted by Gasteiger charge is 2.19. The number of nitrogens with one attached hydrogen (secondary N) is 1. The van der Waals surface area contributed by atoms with Crippen molar-refractivity contribution in [1.82, 2.24) is 5.32 Å². The molecule has 1 aromatic rings. The summed E-state index contributed by atoms with van der Waals surface area (Å²) in [7, 11) is -3.77. The molecule has 0 radical (unpaired) electrons. The third-order valence-electron chi connectivity index (χ3n) is 2.55. The quantitative estimate of drug-likeness (QED) is 0.785. The topological polar surface area (TPSA) is 46.2 Å². The lowest BCUT2D eigenvalue weighted by molar-refractivity contribution is 0.540. The Morgan fingerprint density at radius 3 is 2.58 bits per heavy atom. The number of hydrogen-bond donors (Lipinski definition) is 1. The predicted octanol–water partition coefficient (Wildman–Crippen LogP) is 2.37. The van der Waals surface area contributed by atoms with Crippen LogP contribution in [0.1, 0.15) is 20.3 Å². The third-order valence-corrected chi connectivity index (χ3v) is 4.36. The lowest BCUT2D eigenvalue weighted by Gasteiger charge is -2.08. The molecule has 0 unspecified atom stereocenters. The van der Waals surface area contributed by atoms with E-state index in [0.717, 1.165) is 24.7 Å². The standard InChI is InChI=1S/C13H19F2NO2S/c1-10(2)9-16-6-3-7-19(17,18)13-8-11(14)4-5-12(13)15/h4-5,8,10,16H,3,6-7,9H2,1-2H3. The first-order valence-corrected chi connectivity index (χ1v) is 7.86. The molecule has 0 saturated heterocycles. The molecule has 0 bridgehead atoms. The first-order valence-electron chi connectivity index (χ1n) is 6.21. The molecule has 3 nitrogen and oxygen atoms in total. The molecule has 1 aromatic carbocycles. The zero-order valence-corrected chi connectivity index (χ0v) is 11.9. The molecule has 0 aliphatic carbocycles. The average molecular weight is 291 g/mol. The van der Waals surface area contributed by atoms with Gasteiger partial charge >= 0.3 is 0 Å². The van der Waals surface area contributed by atoms with Crippen LogP contribution in [0.3, 0.4) is 0 Å². The summed E-state index contributed by atoms with van der Waals surface area (Å²) in [5.41, 5.74) is 0. The van der Waals surface area contributed by atoms with Crippen LogP contribution in [0.15, 0.2) is 23.1 Å². The van der Waals surface area contributed by atoms with E-state index in [2.05, 4.69) is 5.32 Å². The van der Waals surface area contributed by atoms with E-state index < -0.39 is 26.4 Å². The van der Waals surface area contributed by atoms with Gasteiger partial charge in [-0.3, -0.25) is 0 Å². The molecule has 19 heavy (non-hydrogen) atoms. The Kier molecular flexibility index (Phi) is 5.87. The zero-order valence-electron chi connectivity index (χ0n) is 11.1. The maximum absolute atomic E-state index is 13.4. The van der Waals surface area contributed by atoms with E-state index in [4.69, 9.17) is 0 Å². The lowest BCUT2D eigenvalue weighted by atomic mass is 10.2. The third kappa shape index (κ3) is 5.24. The van der Waals surface area contributed by atoms with E-state index in [1.54, 1.807) is 0 Å². The lowest BCUT2D eigenvalue weighted by Crippen LogP contribution is -2.23. The predicted molar refractivity (Wildman–Crippen MR) is 70.7 cm³/mol. The van der Waals surface area contributed by atoms with Gasteiger partial charge in [-0.2, -0.15) is 0 Å². The molecule has 0 aromatic heterocycles. The molecule has 0 aliphatic rings. The summed E-state index contributed by atoms with van der Waals surface area (Å²) in [4.78, 5) is -0.559. The molecule has 0 fully saturated rings. The van der Waals surface area contributed by atoms with E-state index in [-0.39, 0.29) is 5.75 Å². The van der Waals surface area contributed by atoms with E-state index >= 15 is 0 Å². The van der Waals surface area contributed by atoms with Crippen molar-refractivity contribution in [3.8, 4) is 0 Å². The molecular formula is C13H19F2NO2S. The molecule has 0 spiro atoms. The van der Waals surface area contributed by atoms with Crippen LogP contribution >= 0.6 is 0 Å². The van der Waals surface area contributed by atoms with Gasteiger partial charge in [-0.25, -0.2) is 17.2 Å². The Morgan fingerprint density at radius 1 is 1.26 bits per heavy atom. The van der Waals surface area contributed by atoms with Crippen molar-refractivity contribution in [3.05, 3.63) is 29.8 Å². The first kappa shape index (κ1) is 16.0. The first-order chi connectivity index (χ1) is 8.83. The monoisotopic (exact) mass is 291 g/mol. The molecule has 1 N–H and O–H groups in total. The highest BCUT2D eigenvalue weighted by Crippen LogP contribution is 2.17. The molecule has 0 atom stereocenters. The fraction of sp³-hybridized carbons (Fsp3) is 0.538. The fourth-order valence-corrected chi connectivity index (χ4v) is 3.00. The Hall–Kier alpha value is -1.01. The summed E-state index contributed by atoms with van der Waals surface area (Å²) in [5.74, 6) is -1.37. The van der Waals surface area contributed by atoms with Crippen LogP contribution in [0, 0.1) is 17.6 Å². The van der Waals surface area contributed by atoms with Crippen LogP contribution < -0.4 is 5.32 Å². The number of hydrogen-bond acceptors (Lipinski definition) is 3. The summed E-state index contributed by atoms with van der Waals surface area (Å²) < 4.78 is 50.1. The van der Waals surface area contributed by atoms with E-state index in [1.807, 2.05) is 13.8 Å². The van der Waals surface area contributed by atoms with Crippen molar-refractivity contribution in [2.24, 2.45) is 5.92 Å². The van der Waals surface area contributed by atoms with Crippen LogP contribution in [0.25, 0.3) is 0 Å². The van der Waals surface area contributed by atoms with Crippen LogP contribution in [-0.2, 0) is 9.84 Å². The van der Waals surface area contributed by atoms with Crippen molar-refractivity contribution in [2.45, 2.75) is 25.2 Å². The molecular weight excluding hydrogens is 272 g/mol. The van der Waals surface area contributed by atoms with Crippen LogP contribution in [0.4, 0.5) is 8.78 Å². The van der Waals surface area contributed by atoms with Gasteiger partial charge in [0.05, 0.1) is 5.75 Å². The smallest absolute Gasteiger partial charge is 0.181 e. The molecule has 1 rings (SSSR count). The maximum atomic E-state index is 13.4. The molecule has 108 valence electrons. The number of benzene rings is 1. The summed E-state index contributed by atoms with van der Waals surface area (Å²) >= 11 is 0. The minimum atomic E-state index is -3.77. The summed E-state index contributed by atoms with van der Waals surface area (Å²) in [6, 6.07) is 2.46. The largest absolute Gasteiger partial charge is 0.316 e. The Balaban J connectivity index is 2.59. The van der Waals surface area contributed by atoms with Crippen molar-refractivity contribution in [3.63, 3.8) is 0 Å². The highest BCUT2D eigenvalue weighted by molar-refractivity contribution is 7.91. The maximum Gasteiger partial charge on any atom is 0.181 e. The van der Waals surface area contributed by atoms with Crippen LogP contribution in [0.2, 0.25) is 0 Å². The fourth-order valence-electron chi connectivity index (χ4n) is 1.60. The SMILES string of the molecule is CC(C)CNCCCS(=O)(=O)c1cc(F)ccc1F. The van der Waals surface area contributed by atoms with Gasteiger partial charge < -0.3 is 5.32 Å². The molecule has 6 heteroatoms. The molecule has 0 aliphatic heterocycles. The summed E-state index contributed by atoms with van der Waals surface area (Å²) in [6.07, 6.45) is 0.366. The average Bonchev–Trinajstić information content (AvgIpc) is 2.31. The minimum Gasteiger partial charge on any atom is -0.316 e. The van der Waals surface area contributed by atoms with Gasteiger partial charge in [-0.05, 0) is 43.6 Å². The second-order valence-electron chi connectivity index (χ2n) is 4.85. The normalized spacial score (nSPS) is 12.1. The summed E-state index contributed by atoms with van der Waals surface area (Å²) in [6.45, 7) is 5.43.